The molecule has 0 radical (unpaired) electrons. The maximum atomic E-state index is 5.10. The highest BCUT2D eigenvalue weighted by atomic mass is 15.0. The van der Waals surface area contributed by atoms with Crippen molar-refractivity contribution in [2.24, 2.45) is 15.7 Å². The average molecular weight is 111 g/mol. The van der Waals surface area contributed by atoms with Crippen LogP contribution < -0.4 is 5.73 Å². The maximum Gasteiger partial charge on any atom is 0.126 e. The van der Waals surface area contributed by atoms with Crippen molar-refractivity contribution in [3.63, 3.8) is 0 Å². The Morgan fingerprint density at radius 1 is 1.62 bits per heavy atom. The van der Waals surface area contributed by atoms with E-state index < -0.39 is 0 Å². The summed E-state index contributed by atoms with van der Waals surface area (Å²) in [6.45, 7) is 8.28. The van der Waals surface area contributed by atoms with E-state index >= 15 is 0 Å². The minimum absolute atomic E-state index is 0.259. The molecule has 0 heterocycles. The highest BCUT2D eigenvalue weighted by Crippen LogP contribution is 1.82. The molecular weight excluding hydrogens is 102 g/mol. The molecule has 0 amide bonds. The third-order valence-electron chi connectivity index (χ3n) is 0.534. The lowest BCUT2D eigenvalue weighted by atomic mass is 10.7. The summed E-state index contributed by atoms with van der Waals surface area (Å²) in [5, 5.41) is 0. The lowest BCUT2D eigenvalue weighted by Gasteiger charge is -1.87. The SMILES string of the molecule is C=N/C(C)=N/C(=C)N. The van der Waals surface area contributed by atoms with E-state index in [-0.39, 0.29) is 5.82 Å². The van der Waals surface area contributed by atoms with Crippen molar-refractivity contribution >= 4 is 12.6 Å². The summed E-state index contributed by atoms with van der Waals surface area (Å²) in [7, 11) is 0. The zero-order valence-corrected chi connectivity index (χ0v) is 4.89. The van der Waals surface area contributed by atoms with Gasteiger partial charge in [-0.25, -0.2) is 9.98 Å². The molecular formula is C5H9N3. The minimum atomic E-state index is 0.259. The van der Waals surface area contributed by atoms with E-state index in [4.69, 9.17) is 5.73 Å². The zero-order valence-electron chi connectivity index (χ0n) is 4.89. The molecule has 0 atom stereocenters. The quantitative estimate of drug-likeness (QED) is 0.389. The van der Waals surface area contributed by atoms with Crippen molar-refractivity contribution in [1.82, 2.24) is 0 Å². The second-order valence-corrected chi connectivity index (χ2v) is 1.31. The van der Waals surface area contributed by atoms with Crippen LogP contribution in [0.2, 0.25) is 0 Å². The normalized spacial score (nSPS) is 10.9. The summed E-state index contributed by atoms with van der Waals surface area (Å²) in [5.74, 6) is 0.799. The van der Waals surface area contributed by atoms with Crippen LogP contribution in [0.3, 0.4) is 0 Å². The minimum Gasteiger partial charge on any atom is -0.384 e. The van der Waals surface area contributed by atoms with Gasteiger partial charge < -0.3 is 5.73 Å². The van der Waals surface area contributed by atoms with Crippen LogP contribution in [0.25, 0.3) is 0 Å². The summed E-state index contributed by atoms with van der Waals surface area (Å²) in [6.07, 6.45) is 0. The summed E-state index contributed by atoms with van der Waals surface area (Å²) < 4.78 is 0. The van der Waals surface area contributed by atoms with Gasteiger partial charge in [-0.05, 0) is 13.6 Å². The number of hydrogen-bond donors (Lipinski definition) is 1. The van der Waals surface area contributed by atoms with Crippen LogP contribution in [0.4, 0.5) is 0 Å². The molecule has 0 unspecified atom stereocenters. The van der Waals surface area contributed by atoms with Crippen LogP contribution in [0.5, 0.6) is 0 Å². The molecule has 44 valence electrons. The lowest BCUT2D eigenvalue weighted by molar-refractivity contribution is 1.24. The first-order valence-electron chi connectivity index (χ1n) is 2.13. The Kier molecular flexibility index (Phi) is 2.54. The summed E-state index contributed by atoms with van der Waals surface area (Å²) in [4.78, 5) is 7.15. The summed E-state index contributed by atoms with van der Waals surface area (Å²) >= 11 is 0. The summed E-state index contributed by atoms with van der Waals surface area (Å²) in [5.41, 5.74) is 5.10. The third-order valence-corrected chi connectivity index (χ3v) is 0.534. The Hall–Kier alpha value is -1.12. The molecule has 0 fully saturated rings. The zero-order chi connectivity index (χ0) is 6.57. The largest absolute Gasteiger partial charge is 0.384 e. The van der Waals surface area contributed by atoms with Crippen LogP contribution in [0.15, 0.2) is 22.4 Å². The molecule has 0 spiro atoms. The Morgan fingerprint density at radius 2 is 2.12 bits per heavy atom. The lowest BCUT2D eigenvalue weighted by Crippen LogP contribution is -1.93. The monoisotopic (exact) mass is 111 g/mol. The van der Waals surface area contributed by atoms with Gasteiger partial charge in [0.2, 0.25) is 0 Å². The predicted octanol–water partition coefficient (Wildman–Crippen LogP) is 0.535. The van der Waals surface area contributed by atoms with Crippen molar-refractivity contribution < 1.29 is 0 Å². The van der Waals surface area contributed by atoms with Gasteiger partial charge in [0, 0.05) is 0 Å². The van der Waals surface area contributed by atoms with Crippen LogP contribution in [-0.4, -0.2) is 12.6 Å². The van der Waals surface area contributed by atoms with Crippen LogP contribution in [0.1, 0.15) is 6.92 Å². The van der Waals surface area contributed by atoms with Gasteiger partial charge in [0.05, 0.1) is 0 Å². The van der Waals surface area contributed by atoms with Crippen molar-refractivity contribution in [3.05, 3.63) is 12.4 Å². The van der Waals surface area contributed by atoms with Crippen LogP contribution >= 0.6 is 0 Å². The molecule has 0 aromatic heterocycles. The fraction of sp³-hybridized carbons (Fsp3) is 0.200. The summed E-state index contributed by atoms with van der Waals surface area (Å²) in [6, 6.07) is 0. The van der Waals surface area contributed by atoms with E-state index in [1.165, 1.54) is 0 Å². The standard InChI is InChI=1S/C5H9N3/c1-4(6)8-5(2)7-3/h1,3,6H2,2H3/b8-5+. The molecule has 3 heteroatoms. The van der Waals surface area contributed by atoms with Crippen molar-refractivity contribution in [2.45, 2.75) is 6.92 Å². The number of hydrogen-bond acceptors (Lipinski definition) is 2. The molecule has 0 aliphatic heterocycles. The van der Waals surface area contributed by atoms with Crippen molar-refractivity contribution in [3.8, 4) is 0 Å². The topological polar surface area (TPSA) is 50.7 Å². The molecule has 0 rings (SSSR count). The molecule has 0 saturated carbocycles. The first-order chi connectivity index (χ1) is 3.66. The first kappa shape index (κ1) is 6.88. The van der Waals surface area contributed by atoms with Gasteiger partial charge in [-0.3, -0.25) is 0 Å². The van der Waals surface area contributed by atoms with Gasteiger partial charge in [-0.2, -0.15) is 0 Å². The Labute approximate surface area is 48.6 Å². The molecule has 8 heavy (non-hydrogen) atoms. The smallest absolute Gasteiger partial charge is 0.126 e. The fourth-order valence-corrected chi connectivity index (χ4v) is 0.243. The van der Waals surface area contributed by atoms with E-state index in [0.29, 0.717) is 5.84 Å². The number of aliphatic imine (C=N–C) groups is 2. The van der Waals surface area contributed by atoms with Gasteiger partial charge in [0.25, 0.3) is 0 Å². The van der Waals surface area contributed by atoms with E-state index in [9.17, 15) is 0 Å². The third kappa shape index (κ3) is 3.08. The van der Waals surface area contributed by atoms with Gasteiger partial charge in [-0.15, -0.1) is 0 Å². The highest BCUT2D eigenvalue weighted by Gasteiger charge is 1.79. The predicted molar refractivity (Wildman–Crippen MR) is 36.0 cm³/mol. The Bertz CT molecular complexity index is 135. The second-order valence-electron chi connectivity index (χ2n) is 1.31. The van der Waals surface area contributed by atoms with Crippen molar-refractivity contribution in [1.29, 1.82) is 0 Å². The van der Waals surface area contributed by atoms with Gasteiger partial charge in [-0.1, -0.05) is 6.58 Å². The molecule has 3 nitrogen and oxygen atoms in total. The molecule has 0 aliphatic rings. The molecule has 0 aromatic carbocycles. The Balaban J connectivity index is 3.94. The molecule has 0 aliphatic carbocycles. The van der Waals surface area contributed by atoms with Gasteiger partial charge >= 0.3 is 0 Å². The van der Waals surface area contributed by atoms with E-state index in [1.54, 1.807) is 6.92 Å². The van der Waals surface area contributed by atoms with Crippen LogP contribution in [-0.2, 0) is 0 Å². The first-order valence-corrected chi connectivity index (χ1v) is 2.13. The van der Waals surface area contributed by atoms with E-state index in [2.05, 4.69) is 23.3 Å². The van der Waals surface area contributed by atoms with Crippen molar-refractivity contribution in [2.75, 3.05) is 0 Å². The molecule has 0 saturated heterocycles. The number of rotatable bonds is 1. The average Bonchev–Trinajstić information content (AvgIpc) is 1.65. The molecule has 2 N–H and O–H groups in total. The number of nitrogens with zero attached hydrogens (tertiary/aromatic N) is 2. The van der Waals surface area contributed by atoms with Gasteiger partial charge in [0.1, 0.15) is 11.7 Å². The number of nitrogens with two attached hydrogens (primary N) is 1. The van der Waals surface area contributed by atoms with E-state index in [1.807, 2.05) is 0 Å². The maximum absolute atomic E-state index is 5.10. The number of amidine groups is 1. The van der Waals surface area contributed by atoms with E-state index in [0.717, 1.165) is 0 Å². The second kappa shape index (κ2) is 2.96. The molecule has 0 bridgehead atoms. The highest BCUT2D eigenvalue weighted by molar-refractivity contribution is 5.84. The molecule has 0 aromatic rings. The van der Waals surface area contributed by atoms with Gasteiger partial charge in [0.15, 0.2) is 0 Å². The Morgan fingerprint density at radius 3 is 2.25 bits per heavy atom. The van der Waals surface area contributed by atoms with Crippen LogP contribution in [0, 0.1) is 0 Å². The fourth-order valence-electron chi connectivity index (χ4n) is 0.243.